The first kappa shape index (κ1) is 14.8. The molecule has 0 aliphatic carbocycles. The number of methoxy groups -OCH3 is 1. The molecular weight excluding hydrogens is 279 g/mol. The first-order chi connectivity index (χ1) is 9.93. The predicted octanol–water partition coefficient (Wildman–Crippen LogP) is 2.65. The van der Waals surface area contributed by atoms with Gasteiger partial charge in [0.25, 0.3) is 0 Å². The molecule has 2 rings (SSSR count). The van der Waals surface area contributed by atoms with Gasteiger partial charge in [-0.1, -0.05) is 6.07 Å². The summed E-state index contributed by atoms with van der Waals surface area (Å²) in [7, 11) is 3.03. The van der Waals surface area contributed by atoms with Crippen LogP contribution in [0, 0.1) is 15.9 Å². The fourth-order valence-corrected chi connectivity index (χ4v) is 1.96. The molecule has 112 valence electrons. The largest absolute Gasteiger partial charge is 0.494 e. The third kappa shape index (κ3) is 2.93. The number of hydrogen-bond donors (Lipinski definition) is 1. The van der Waals surface area contributed by atoms with Gasteiger partial charge in [0, 0.05) is 7.05 Å². The molecule has 21 heavy (non-hydrogen) atoms. The smallest absolute Gasteiger partial charge is 0.406 e. The van der Waals surface area contributed by atoms with Gasteiger partial charge in [0.05, 0.1) is 13.2 Å². The topological polar surface area (TPSA) is 82.2 Å². The highest BCUT2D eigenvalue weighted by atomic mass is 19.1. The Morgan fingerprint density at radius 2 is 2.24 bits per heavy atom. The number of anilines is 1. The van der Waals surface area contributed by atoms with Crippen LogP contribution in [0.1, 0.15) is 18.5 Å². The Labute approximate surface area is 120 Å². The van der Waals surface area contributed by atoms with Gasteiger partial charge in [-0.15, -0.1) is 0 Å². The molecule has 1 aromatic heterocycles. The molecule has 0 bridgehead atoms. The van der Waals surface area contributed by atoms with Gasteiger partial charge in [0.15, 0.2) is 11.6 Å². The van der Waals surface area contributed by atoms with Crippen molar-refractivity contribution in [2.45, 2.75) is 13.0 Å². The number of aryl methyl sites for hydroxylation is 1. The van der Waals surface area contributed by atoms with E-state index in [1.807, 2.05) is 0 Å². The van der Waals surface area contributed by atoms with E-state index in [-0.39, 0.29) is 23.4 Å². The zero-order valence-electron chi connectivity index (χ0n) is 11.8. The third-order valence-corrected chi connectivity index (χ3v) is 3.12. The molecule has 0 aliphatic rings. The molecular formula is C13H15FN4O3. The van der Waals surface area contributed by atoms with Crippen LogP contribution in [-0.4, -0.2) is 21.6 Å². The van der Waals surface area contributed by atoms with Crippen LogP contribution in [0.25, 0.3) is 0 Å². The van der Waals surface area contributed by atoms with Crippen molar-refractivity contribution >= 4 is 11.6 Å². The molecule has 2 aromatic rings. The van der Waals surface area contributed by atoms with E-state index in [0.29, 0.717) is 5.56 Å². The van der Waals surface area contributed by atoms with E-state index in [9.17, 15) is 14.5 Å². The molecule has 8 heteroatoms. The summed E-state index contributed by atoms with van der Waals surface area (Å²) in [6, 6.07) is 4.21. The standard InChI is InChI=1S/C13H15FN4O3/c1-8(9-4-5-11(21-3)10(14)6-9)16-13-12(18(19)20)15-7-17(13)2/h4-8,16H,1-3H3/t8-/m1/s1. The first-order valence-electron chi connectivity index (χ1n) is 6.19. The lowest BCUT2D eigenvalue weighted by molar-refractivity contribution is -0.388. The number of hydrogen-bond acceptors (Lipinski definition) is 5. The number of ether oxygens (including phenoxy) is 1. The van der Waals surface area contributed by atoms with E-state index in [2.05, 4.69) is 10.3 Å². The van der Waals surface area contributed by atoms with Gasteiger partial charge in [-0.05, 0) is 34.5 Å². The highest BCUT2D eigenvalue weighted by Crippen LogP contribution is 2.28. The lowest BCUT2D eigenvalue weighted by Crippen LogP contribution is -2.11. The predicted molar refractivity (Wildman–Crippen MR) is 74.9 cm³/mol. The first-order valence-corrected chi connectivity index (χ1v) is 6.19. The molecule has 0 aliphatic heterocycles. The van der Waals surface area contributed by atoms with E-state index < -0.39 is 10.7 Å². The van der Waals surface area contributed by atoms with Gasteiger partial charge in [-0.25, -0.2) is 4.39 Å². The molecule has 7 nitrogen and oxygen atoms in total. The molecule has 1 N–H and O–H groups in total. The summed E-state index contributed by atoms with van der Waals surface area (Å²) < 4.78 is 20.1. The van der Waals surface area contributed by atoms with Gasteiger partial charge in [0.1, 0.15) is 0 Å². The molecule has 1 heterocycles. The number of aromatic nitrogens is 2. The van der Waals surface area contributed by atoms with Gasteiger partial charge in [-0.3, -0.25) is 4.57 Å². The van der Waals surface area contributed by atoms with Crippen molar-refractivity contribution in [2.24, 2.45) is 7.05 Å². The van der Waals surface area contributed by atoms with E-state index in [1.165, 1.54) is 30.1 Å². The number of nitro groups is 1. The molecule has 0 saturated carbocycles. The minimum atomic E-state index is -0.566. The summed E-state index contributed by atoms with van der Waals surface area (Å²) >= 11 is 0. The Kier molecular flexibility index (Phi) is 4.06. The van der Waals surface area contributed by atoms with Crippen LogP contribution in [0.4, 0.5) is 16.0 Å². The highest BCUT2D eigenvalue weighted by Gasteiger charge is 2.22. The SMILES string of the molecule is COc1ccc([C@@H](C)Nc2c([N+](=O)[O-])ncn2C)cc1F. The van der Waals surface area contributed by atoms with Crippen molar-refractivity contribution in [3.63, 3.8) is 0 Å². The van der Waals surface area contributed by atoms with Crippen LogP contribution in [0.5, 0.6) is 5.75 Å². The quantitative estimate of drug-likeness (QED) is 0.677. The maximum atomic E-state index is 13.7. The van der Waals surface area contributed by atoms with Gasteiger partial charge in [-0.2, -0.15) is 0 Å². The Hall–Kier alpha value is -2.64. The summed E-state index contributed by atoms with van der Waals surface area (Å²) in [4.78, 5) is 14.1. The van der Waals surface area contributed by atoms with Crippen molar-refractivity contribution in [3.8, 4) is 5.75 Å². The number of nitrogens with zero attached hydrogens (tertiary/aromatic N) is 3. The summed E-state index contributed by atoms with van der Waals surface area (Å²) in [5, 5.41) is 13.9. The minimum absolute atomic E-state index is 0.150. The Morgan fingerprint density at radius 3 is 2.81 bits per heavy atom. The van der Waals surface area contributed by atoms with Gasteiger partial charge >= 0.3 is 5.82 Å². The van der Waals surface area contributed by atoms with Crippen LogP contribution >= 0.6 is 0 Å². The van der Waals surface area contributed by atoms with Crippen LogP contribution in [0.2, 0.25) is 0 Å². The summed E-state index contributed by atoms with van der Waals surface area (Å²) in [5.74, 6) is -0.331. The summed E-state index contributed by atoms with van der Waals surface area (Å²) in [5.41, 5.74) is 0.642. The Bertz CT molecular complexity index is 671. The maximum absolute atomic E-state index is 13.7. The third-order valence-electron chi connectivity index (χ3n) is 3.12. The van der Waals surface area contributed by atoms with E-state index in [0.717, 1.165) is 0 Å². The molecule has 0 amide bonds. The normalized spacial score (nSPS) is 12.0. The fourth-order valence-electron chi connectivity index (χ4n) is 1.96. The number of benzene rings is 1. The van der Waals surface area contributed by atoms with Crippen molar-refractivity contribution < 1.29 is 14.1 Å². The number of nitrogens with one attached hydrogen (secondary N) is 1. The molecule has 0 spiro atoms. The molecule has 0 radical (unpaired) electrons. The average Bonchev–Trinajstić information content (AvgIpc) is 2.80. The van der Waals surface area contributed by atoms with Crippen LogP contribution in [-0.2, 0) is 7.05 Å². The monoisotopic (exact) mass is 294 g/mol. The van der Waals surface area contributed by atoms with Gasteiger partial charge < -0.3 is 20.2 Å². The van der Waals surface area contributed by atoms with Crippen LogP contribution in [0.3, 0.4) is 0 Å². The zero-order chi connectivity index (χ0) is 15.6. The van der Waals surface area contributed by atoms with Crippen molar-refractivity contribution in [3.05, 3.63) is 46.0 Å². The van der Waals surface area contributed by atoms with E-state index in [4.69, 9.17) is 4.74 Å². The molecule has 1 atom stereocenters. The fraction of sp³-hybridized carbons (Fsp3) is 0.308. The second kappa shape index (κ2) is 5.78. The molecule has 0 unspecified atom stereocenters. The molecule has 1 aromatic carbocycles. The van der Waals surface area contributed by atoms with Crippen LogP contribution in [0.15, 0.2) is 24.5 Å². The lowest BCUT2D eigenvalue weighted by Gasteiger charge is -2.16. The minimum Gasteiger partial charge on any atom is -0.494 e. The van der Waals surface area contributed by atoms with Crippen LogP contribution < -0.4 is 10.1 Å². The highest BCUT2D eigenvalue weighted by molar-refractivity contribution is 5.53. The maximum Gasteiger partial charge on any atom is 0.406 e. The number of halogens is 1. The van der Waals surface area contributed by atoms with E-state index >= 15 is 0 Å². The average molecular weight is 294 g/mol. The van der Waals surface area contributed by atoms with E-state index in [1.54, 1.807) is 20.0 Å². The summed E-state index contributed by atoms with van der Waals surface area (Å²) in [6.07, 6.45) is 1.35. The Balaban J connectivity index is 2.26. The van der Waals surface area contributed by atoms with Crippen molar-refractivity contribution in [2.75, 3.05) is 12.4 Å². The number of imidazole rings is 1. The molecule has 0 fully saturated rings. The summed E-state index contributed by atoms with van der Waals surface area (Å²) in [6.45, 7) is 1.78. The lowest BCUT2D eigenvalue weighted by atomic mass is 10.1. The second-order valence-electron chi connectivity index (χ2n) is 4.54. The molecule has 0 saturated heterocycles. The second-order valence-corrected chi connectivity index (χ2v) is 4.54. The van der Waals surface area contributed by atoms with Crippen molar-refractivity contribution in [1.82, 2.24) is 9.55 Å². The number of rotatable bonds is 5. The Morgan fingerprint density at radius 1 is 1.52 bits per heavy atom. The van der Waals surface area contributed by atoms with Crippen molar-refractivity contribution in [1.29, 1.82) is 0 Å². The van der Waals surface area contributed by atoms with Gasteiger partial charge in [0.2, 0.25) is 12.1 Å². The zero-order valence-corrected chi connectivity index (χ0v) is 11.8.